The highest BCUT2D eigenvalue weighted by atomic mass is 35.5. The van der Waals surface area contributed by atoms with E-state index in [9.17, 15) is 28.1 Å². The summed E-state index contributed by atoms with van der Waals surface area (Å²) in [7, 11) is 1.22. The molecular weight excluding hydrogens is 391 g/mol. The van der Waals surface area contributed by atoms with Crippen molar-refractivity contribution in [2.45, 2.75) is 12.7 Å². The molecule has 0 radical (unpaired) electrons. The van der Waals surface area contributed by atoms with E-state index in [1.54, 1.807) is 24.3 Å². The molecule has 0 aliphatic carbocycles. The van der Waals surface area contributed by atoms with Gasteiger partial charge in [0, 0.05) is 18.3 Å². The first-order chi connectivity index (χ1) is 12.6. The van der Waals surface area contributed by atoms with Crippen LogP contribution in [-0.4, -0.2) is 18.1 Å². The second kappa shape index (κ2) is 8.12. The zero-order chi connectivity index (χ0) is 20.2. The van der Waals surface area contributed by atoms with Gasteiger partial charge in [0.15, 0.2) is 0 Å². The van der Waals surface area contributed by atoms with Gasteiger partial charge in [-0.3, -0.25) is 15.4 Å². The fourth-order valence-corrected chi connectivity index (χ4v) is 2.41. The number of halogens is 4. The Morgan fingerprint density at radius 2 is 1.89 bits per heavy atom. The molecule has 0 heterocycles. The number of carbonyl (C=O) groups is 1. The van der Waals surface area contributed by atoms with Gasteiger partial charge in [-0.2, -0.15) is 13.2 Å². The van der Waals surface area contributed by atoms with E-state index >= 15 is 0 Å². The maximum Gasteiger partial charge on any atom is 0.418 e. The first-order valence-corrected chi connectivity index (χ1v) is 7.72. The fourth-order valence-electron chi connectivity index (χ4n) is 2.14. The van der Waals surface area contributed by atoms with Gasteiger partial charge in [0.1, 0.15) is 5.69 Å². The number of hydrogen-bond donors (Lipinski definition) is 2. The number of nitro groups is 1. The molecule has 0 atom stereocenters. The molecule has 2 aromatic rings. The molecule has 11 heteroatoms. The number of alkyl halides is 3. The van der Waals surface area contributed by atoms with Crippen molar-refractivity contribution in [3.8, 4) is 0 Å². The van der Waals surface area contributed by atoms with Gasteiger partial charge < -0.3 is 10.1 Å². The maximum absolute atomic E-state index is 12.9. The van der Waals surface area contributed by atoms with E-state index in [1.807, 2.05) is 0 Å². The lowest BCUT2D eigenvalue weighted by Crippen LogP contribution is -2.11. The summed E-state index contributed by atoms with van der Waals surface area (Å²) in [5, 5.41) is 15.6. The molecule has 0 bridgehead atoms. The van der Waals surface area contributed by atoms with Gasteiger partial charge in [-0.25, -0.2) is 4.79 Å². The minimum atomic E-state index is -4.80. The van der Waals surface area contributed by atoms with Crippen LogP contribution in [0.5, 0.6) is 0 Å². The summed E-state index contributed by atoms with van der Waals surface area (Å²) in [6.45, 7) is 0.0844. The maximum atomic E-state index is 12.9. The highest BCUT2D eigenvalue weighted by Crippen LogP contribution is 2.40. The van der Waals surface area contributed by atoms with E-state index in [0.29, 0.717) is 17.3 Å². The van der Waals surface area contributed by atoms with E-state index in [4.69, 9.17) is 11.6 Å². The van der Waals surface area contributed by atoms with Crippen molar-refractivity contribution in [3.05, 3.63) is 62.7 Å². The molecule has 0 aliphatic heterocycles. The van der Waals surface area contributed by atoms with Crippen LogP contribution in [-0.2, 0) is 17.5 Å². The summed E-state index contributed by atoms with van der Waals surface area (Å²) in [5.74, 6) is 0. The lowest BCUT2D eigenvalue weighted by molar-refractivity contribution is -0.384. The highest BCUT2D eigenvalue weighted by Gasteiger charge is 2.36. The molecule has 0 unspecified atom stereocenters. The highest BCUT2D eigenvalue weighted by molar-refractivity contribution is 6.31. The summed E-state index contributed by atoms with van der Waals surface area (Å²) in [6.07, 6.45) is -5.45. The average molecular weight is 404 g/mol. The first kappa shape index (κ1) is 20.3. The standard InChI is InChI=1S/C16H13ClF3N3O4/c1-27-15(24)22-10-4-2-9(3-5-10)8-21-13-7-12(17)11(16(18,19)20)6-14(13)23(25)26/h2-7,21H,8H2,1H3,(H,22,24). The molecule has 144 valence electrons. The van der Waals surface area contributed by atoms with Crippen LogP contribution in [0.1, 0.15) is 11.1 Å². The van der Waals surface area contributed by atoms with Crippen molar-refractivity contribution >= 4 is 34.8 Å². The zero-order valence-electron chi connectivity index (χ0n) is 13.8. The molecule has 0 aliphatic rings. The number of anilines is 2. The summed E-state index contributed by atoms with van der Waals surface area (Å²) < 4.78 is 43.0. The minimum absolute atomic E-state index is 0.0844. The van der Waals surface area contributed by atoms with E-state index in [2.05, 4.69) is 15.4 Å². The van der Waals surface area contributed by atoms with Gasteiger partial charge in [0.2, 0.25) is 0 Å². The molecule has 0 saturated carbocycles. The number of nitro benzene ring substituents is 1. The Balaban J connectivity index is 2.19. The Labute approximate surface area is 156 Å². The van der Waals surface area contributed by atoms with E-state index in [-0.39, 0.29) is 12.2 Å². The number of benzene rings is 2. The van der Waals surface area contributed by atoms with Gasteiger partial charge in [-0.1, -0.05) is 23.7 Å². The first-order valence-electron chi connectivity index (χ1n) is 7.34. The Hall–Kier alpha value is -3.01. The van der Waals surface area contributed by atoms with E-state index < -0.39 is 33.5 Å². The predicted octanol–water partition coefficient (Wildman–Crippen LogP) is 5.06. The molecule has 2 N–H and O–H groups in total. The topological polar surface area (TPSA) is 93.5 Å². The number of carbonyl (C=O) groups excluding carboxylic acids is 1. The molecule has 7 nitrogen and oxygen atoms in total. The van der Waals surface area contributed by atoms with Crippen molar-refractivity contribution in [3.63, 3.8) is 0 Å². The number of hydrogen-bond acceptors (Lipinski definition) is 5. The van der Waals surface area contributed by atoms with Crippen LogP contribution in [0.25, 0.3) is 0 Å². The van der Waals surface area contributed by atoms with Crippen molar-refractivity contribution in [1.82, 2.24) is 0 Å². The van der Waals surface area contributed by atoms with Crippen molar-refractivity contribution in [1.29, 1.82) is 0 Å². The van der Waals surface area contributed by atoms with Crippen LogP contribution in [0.15, 0.2) is 36.4 Å². The van der Waals surface area contributed by atoms with Gasteiger partial charge in [0.05, 0.1) is 22.6 Å². The number of nitrogens with one attached hydrogen (secondary N) is 2. The summed E-state index contributed by atoms with van der Waals surface area (Å²) in [4.78, 5) is 21.3. The largest absolute Gasteiger partial charge is 0.453 e. The second-order valence-corrected chi connectivity index (χ2v) is 5.68. The molecule has 0 fully saturated rings. The number of methoxy groups -OCH3 is 1. The third kappa shape index (κ3) is 5.23. The summed E-state index contributed by atoms with van der Waals surface area (Å²) in [5.41, 5.74) is -1.03. The Morgan fingerprint density at radius 3 is 2.41 bits per heavy atom. The number of rotatable bonds is 5. The lowest BCUT2D eigenvalue weighted by atomic mass is 10.1. The normalized spacial score (nSPS) is 11.0. The fraction of sp³-hybridized carbons (Fsp3) is 0.188. The molecule has 0 saturated heterocycles. The van der Waals surface area contributed by atoms with Crippen LogP contribution in [0, 0.1) is 10.1 Å². The third-order valence-electron chi connectivity index (χ3n) is 3.46. The number of nitrogens with zero attached hydrogens (tertiary/aromatic N) is 1. The van der Waals surface area contributed by atoms with Gasteiger partial charge in [-0.15, -0.1) is 0 Å². The van der Waals surface area contributed by atoms with Crippen LogP contribution in [0.4, 0.5) is 35.0 Å². The monoisotopic (exact) mass is 403 g/mol. The Kier molecular flexibility index (Phi) is 6.11. The zero-order valence-corrected chi connectivity index (χ0v) is 14.5. The summed E-state index contributed by atoms with van der Waals surface area (Å²) in [6, 6.07) is 7.65. The van der Waals surface area contributed by atoms with Gasteiger partial charge >= 0.3 is 12.3 Å². The van der Waals surface area contributed by atoms with Crippen LogP contribution in [0.2, 0.25) is 5.02 Å². The van der Waals surface area contributed by atoms with E-state index in [0.717, 1.165) is 6.07 Å². The van der Waals surface area contributed by atoms with Crippen LogP contribution in [0.3, 0.4) is 0 Å². The molecule has 0 aromatic heterocycles. The Morgan fingerprint density at radius 1 is 1.26 bits per heavy atom. The predicted molar refractivity (Wildman–Crippen MR) is 92.9 cm³/mol. The molecular formula is C16H13ClF3N3O4. The third-order valence-corrected chi connectivity index (χ3v) is 3.77. The average Bonchev–Trinajstić information content (AvgIpc) is 2.59. The Bertz CT molecular complexity index is 857. The van der Waals surface area contributed by atoms with E-state index in [1.165, 1.54) is 7.11 Å². The number of ether oxygens (including phenoxy) is 1. The van der Waals surface area contributed by atoms with Gasteiger partial charge in [-0.05, 0) is 23.8 Å². The minimum Gasteiger partial charge on any atom is -0.453 e. The molecule has 0 spiro atoms. The van der Waals surface area contributed by atoms with Crippen molar-refractivity contribution < 1.29 is 27.6 Å². The lowest BCUT2D eigenvalue weighted by Gasteiger charge is -2.13. The van der Waals surface area contributed by atoms with Crippen LogP contribution >= 0.6 is 11.6 Å². The number of amides is 1. The smallest absolute Gasteiger partial charge is 0.418 e. The van der Waals surface area contributed by atoms with Crippen LogP contribution < -0.4 is 10.6 Å². The summed E-state index contributed by atoms with van der Waals surface area (Å²) >= 11 is 5.62. The molecule has 1 amide bonds. The van der Waals surface area contributed by atoms with Crippen molar-refractivity contribution in [2.75, 3.05) is 17.7 Å². The SMILES string of the molecule is COC(=O)Nc1ccc(CNc2cc(Cl)c(C(F)(F)F)cc2[N+](=O)[O-])cc1. The van der Waals surface area contributed by atoms with Gasteiger partial charge in [0.25, 0.3) is 5.69 Å². The molecule has 2 aromatic carbocycles. The molecule has 27 heavy (non-hydrogen) atoms. The second-order valence-electron chi connectivity index (χ2n) is 5.27. The molecule has 2 rings (SSSR count). The van der Waals surface area contributed by atoms with Crippen molar-refractivity contribution in [2.24, 2.45) is 0 Å². The quantitative estimate of drug-likeness (QED) is 0.537.